The minimum Gasteiger partial charge on any atom is -0.768 e. The first kappa shape index (κ1) is 13.7. The summed E-state index contributed by atoms with van der Waals surface area (Å²) in [5.74, 6) is -0.711. The lowest BCUT2D eigenvalue weighted by atomic mass is 10.3. The normalized spacial score (nSPS) is 14.2. The molecular formula is C6H2Cl2O6S2-2. The summed E-state index contributed by atoms with van der Waals surface area (Å²) in [4.78, 5) is -0.806. The molecule has 10 heteroatoms. The topological polar surface area (TPSA) is 98.7 Å². The van der Waals surface area contributed by atoms with E-state index in [1.165, 1.54) is 0 Å². The Morgan fingerprint density at radius 3 is 2.06 bits per heavy atom. The highest BCUT2D eigenvalue weighted by Gasteiger charge is 2.15. The molecule has 0 N–H and O–H groups in total. The van der Waals surface area contributed by atoms with E-state index in [1.54, 1.807) is 0 Å². The molecule has 1 aromatic carbocycles. The van der Waals surface area contributed by atoms with Gasteiger partial charge in [-0.3, -0.25) is 8.42 Å². The zero-order chi connectivity index (χ0) is 12.3. The molecule has 0 spiro atoms. The highest BCUT2D eigenvalue weighted by Crippen LogP contribution is 2.37. The molecule has 0 heterocycles. The van der Waals surface area contributed by atoms with E-state index in [1.807, 2.05) is 0 Å². The summed E-state index contributed by atoms with van der Waals surface area (Å²) in [5.41, 5.74) is 0. The molecule has 0 bridgehead atoms. The van der Waals surface area contributed by atoms with Crippen LogP contribution >= 0.6 is 23.7 Å². The van der Waals surface area contributed by atoms with E-state index in [9.17, 15) is 17.5 Å². The van der Waals surface area contributed by atoms with Gasteiger partial charge in [-0.2, -0.15) is 0 Å². The van der Waals surface area contributed by atoms with Gasteiger partial charge in [0.2, 0.25) is 5.75 Å². The highest BCUT2D eigenvalue weighted by molar-refractivity contribution is 7.80. The summed E-state index contributed by atoms with van der Waals surface area (Å²) in [6.07, 6.45) is 0. The highest BCUT2D eigenvalue weighted by atomic mass is 35.5. The van der Waals surface area contributed by atoms with Gasteiger partial charge in [-0.05, 0) is 28.2 Å². The fourth-order valence-corrected chi connectivity index (χ4v) is 2.23. The van der Waals surface area contributed by atoms with Crippen LogP contribution in [0.2, 0.25) is 0 Å². The van der Waals surface area contributed by atoms with Crippen molar-refractivity contribution in [2.45, 2.75) is 9.79 Å². The van der Waals surface area contributed by atoms with Crippen LogP contribution in [0.4, 0.5) is 0 Å². The number of hydrogen-bond acceptors (Lipinski definition) is 6. The van der Waals surface area contributed by atoms with Crippen LogP contribution in [-0.2, 0) is 22.2 Å². The minimum absolute atomic E-state index is 0.322. The van der Waals surface area contributed by atoms with Gasteiger partial charge < -0.3 is 17.7 Å². The third-order valence-corrected chi connectivity index (χ3v) is 3.13. The summed E-state index contributed by atoms with van der Waals surface area (Å²) in [7, 11) is 0. The van der Waals surface area contributed by atoms with E-state index in [-0.39, 0.29) is 16.4 Å². The van der Waals surface area contributed by atoms with Gasteiger partial charge in [-0.1, -0.05) is 0 Å². The van der Waals surface area contributed by atoms with Gasteiger partial charge in [0.25, 0.3) is 0 Å². The lowest BCUT2D eigenvalue weighted by molar-refractivity contribution is 0.506. The third kappa shape index (κ3) is 2.84. The largest absolute Gasteiger partial charge is 0.768 e. The van der Waals surface area contributed by atoms with Crippen LogP contribution < -0.4 is 8.58 Å². The lowest BCUT2D eigenvalue weighted by Crippen LogP contribution is -1.98. The van der Waals surface area contributed by atoms with Crippen LogP contribution in [0.5, 0.6) is 11.5 Å². The monoisotopic (exact) mass is 304 g/mol. The predicted octanol–water partition coefficient (Wildman–Crippen LogP) is 1.23. The average Bonchev–Trinajstić information content (AvgIpc) is 2.26. The van der Waals surface area contributed by atoms with Gasteiger partial charge in [0.05, 0.1) is 4.90 Å². The molecule has 90 valence electrons. The summed E-state index contributed by atoms with van der Waals surface area (Å²) < 4.78 is 51.4. The van der Waals surface area contributed by atoms with Crippen LogP contribution in [-0.4, -0.2) is 17.5 Å². The van der Waals surface area contributed by atoms with Crippen molar-refractivity contribution in [3.63, 3.8) is 0 Å². The number of halogens is 2. The predicted molar refractivity (Wildman–Crippen MR) is 53.8 cm³/mol. The number of rotatable bonds is 4. The Morgan fingerprint density at radius 1 is 1.06 bits per heavy atom. The van der Waals surface area contributed by atoms with Gasteiger partial charge in [-0.15, -0.1) is 0 Å². The molecule has 0 fully saturated rings. The average molecular weight is 305 g/mol. The van der Waals surface area contributed by atoms with Crippen molar-refractivity contribution in [1.82, 2.24) is 0 Å². The third-order valence-electron chi connectivity index (χ3n) is 1.53. The van der Waals surface area contributed by atoms with E-state index >= 15 is 0 Å². The summed E-state index contributed by atoms with van der Waals surface area (Å²) in [5, 5.41) is 0. The van der Waals surface area contributed by atoms with Crippen LogP contribution in [0.1, 0.15) is 0 Å². The van der Waals surface area contributed by atoms with Gasteiger partial charge in [-0.25, -0.2) is 0 Å². The fraction of sp³-hybridized carbons (Fsp3) is 0. The number of benzene rings is 1. The fourth-order valence-electron chi connectivity index (χ4n) is 0.906. The van der Waals surface area contributed by atoms with Crippen molar-refractivity contribution < 1.29 is 26.1 Å². The summed E-state index contributed by atoms with van der Waals surface area (Å²) in [6.45, 7) is 0. The second-order valence-corrected chi connectivity index (χ2v) is 4.53. The molecule has 0 saturated heterocycles. The van der Waals surface area contributed by atoms with E-state index in [0.717, 1.165) is 12.1 Å². The molecule has 6 nitrogen and oxygen atoms in total. The van der Waals surface area contributed by atoms with Crippen molar-refractivity contribution in [2.24, 2.45) is 0 Å². The Hall–Kier alpha value is -0.380. The first-order valence-electron chi connectivity index (χ1n) is 3.45. The molecule has 2 atom stereocenters. The Bertz CT molecular complexity index is 451. The molecule has 0 amide bonds. The molecule has 1 rings (SSSR count). The van der Waals surface area contributed by atoms with Crippen molar-refractivity contribution in [3.05, 3.63) is 12.1 Å². The molecule has 0 aromatic heterocycles. The van der Waals surface area contributed by atoms with Crippen LogP contribution in [0, 0.1) is 0 Å². The van der Waals surface area contributed by atoms with E-state index < -0.39 is 27.1 Å². The van der Waals surface area contributed by atoms with Crippen LogP contribution in [0.15, 0.2) is 21.9 Å². The number of hydrogen-bond donors (Lipinski definition) is 0. The van der Waals surface area contributed by atoms with E-state index in [0.29, 0.717) is 0 Å². The Labute approximate surface area is 105 Å². The van der Waals surface area contributed by atoms with Gasteiger partial charge in [0.1, 0.15) is 23.7 Å². The molecule has 16 heavy (non-hydrogen) atoms. The van der Waals surface area contributed by atoms with Crippen molar-refractivity contribution in [2.75, 3.05) is 0 Å². The van der Waals surface area contributed by atoms with Crippen LogP contribution in [0.25, 0.3) is 0 Å². The lowest BCUT2D eigenvalue weighted by Gasteiger charge is -2.14. The quantitative estimate of drug-likeness (QED) is 0.776. The molecule has 1 aromatic rings. The summed E-state index contributed by atoms with van der Waals surface area (Å²) in [6, 6.07) is 1.81. The maximum Gasteiger partial charge on any atom is 0.205 e. The van der Waals surface area contributed by atoms with Gasteiger partial charge in [0.15, 0.2) is 5.75 Å². The smallest absolute Gasteiger partial charge is 0.205 e. The molecule has 0 saturated carbocycles. The molecule has 0 aliphatic carbocycles. The molecule has 0 aliphatic rings. The Balaban J connectivity index is 3.49. The zero-order valence-corrected chi connectivity index (χ0v) is 10.3. The maximum absolute atomic E-state index is 10.8. The minimum atomic E-state index is -2.75. The van der Waals surface area contributed by atoms with Gasteiger partial charge in [0, 0.05) is 11.0 Å². The first-order chi connectivity index (χ1) is 7.51. The SMILES string of the molecule is O=S([O-])c1cc(OCl)c(OCl)c(S(=O)[O-])c1. The summed E-state index contributed by atoms with van der Waals surface area (Å²) >= 11 is 4.66. The van der Waals surface area contributed by atoms with Gasteiger partial charge >= 0.3 is 0 Å². The molecule has 0 aliphatic heterocycles. The Morgan fingerprint density at radius 2 is 1.69 bits per heavy atom. The standard InChI is InChI=1S/C6H4Cl2O6S2/c7-13-4-1-3(15(9)10)2-5(16(11)12)6(4)14-8/h1-2H,(H,9,10)(H,11,12)/p-2. The second-order valence-electron chi connectivity index (χ2n) is 2.37. The first-order valence-corrected chi connectivity index (χ1v) is 6.21. The van der Waals surface area contributed by atoms with E-state index in [4.69, 9.17) is 23.7 Å². The van der Waals surface area contributed by atoms with Crippen molar-refractivity contribution in [1.29, 1.82) is 0 Å². The molecule has 2 unspecified atom stereocenters. The second kappa shape index (κ2) is 5.80. The van der Waals surface area contributed by atoms with Crippen LogP contribution in [0.3, 0.4) is 0 Å². The Kier molecular flexibility index (Phi) is 4.96. The van der Waals surface area contributed by atoms with E-state index in [2.05, 4.69) is 8.58 Å². The van der Waals surface area contributed by atoms with Crippen molar-refractivity contribution >= 4 is 45.9 Å². The zero-order valence-electron chi connectivity index (χ0n) is 7.18. The maximum atomic E-state index is 10.8. The molecule has 0 radical (unpaired) electrons. The molecular weight excluding hydrogens is 303 g/mol. The van der Waals surface area contributed by atoms with Crippen molar-refractivity contribution in [3.8, 4) is 11.5 Å².